The average Bonchev–Trinajstić information content (AvgIpc) is 2.42. The Hall–Kier alpha value is -2.07. The minimum Gasteiger partial charge on any atom is -0.394 e. The van der Waals surface area contributed by atoms with Crippen molar-refractivity contribution in [2.24, 2.45) is 0 Å². The third-order valence-corrected chi connectivity index (χ3v) is 3.81. The van der Waals surface area contributed by atoms with Gasteiger partial charge in [-0.05, 0) is 31.4 Å². The summed E-state index contributed by atoms with van der Waals surface area (Å²) >= 11 is 0. The smallest absolute Gasteiger partial charge is 0.271 e. The third-order valence-electron chi connectivity index (χ3n) is 3.81. The van der Waals surface area contributed by atoms with Gasteiger partial charge in [-0.2, -0.15) is 0 Å². The quantitative estimate of drug-likeness (QED) is 0.807. The van der Waals surface area contributed by atoms with Crippen LogP contribution in [-0.4, -0.2) is 10.1 Å². The molecule has 21 heavy (non-hydrogen) atoms. The molecule has 1 aromatic heterocycles. The summed E-state index contributed by atoms with van der Waals surface area (Å²) in [4.78, 5) is 14.6. The van der Waals surface area contributed by atoms with Crippen molar-refractivity contribution < 1.29 is 5.11 Å². The maximum Gasteiger partial charge on any atom is 0.271 e. The van der Waals surface area contributed by atoms with Crippen LogP contribution in [0.15, 0.2) is 29.1 Å². The number of pyridine rings is 1. The van der Waals surface area contributed by atoms with E-state index in [1.807, 2.05) is 45.0 Å². The molecule has 4 heteroatoms. The number of nitrogens with two attached hydrogens (primary N) is 1. The summed E-state index contributed by atoms with van der Waals surface area (Å²) < 4.78 is 0. The molecular weight excluding hydrogens is 264 g/mol. The molecule has 0 saturated carbocycles. The molecule has 0 saturated heterocycles. The fourth-order valence-electron chi connectivity index (χ4n) is 2.80. The number of anilines is 1. The molecule has 0 aliphatic carbocycles. The van der Waals surface area contributed by atoms with Crippen molar-refractivity contribution in [3.8, 4) is 0 Å². The van der Waals surface area contributed by atoms with Gasteiger partial charge < -0.3 is 15.8 Å². The number of aromatic nitrogens is 1. The monoisotopic (exact) mass is 286 g/mol. The standard InChI is InChI=1S/C17H22N2O2/c1-4-13-11(3)19-17(21)16(18)15(13)14(20)9-12-7-5-6-10(2)8-12/h5-8,14,20H,4,9,18H2,1-3H3,(H,19,21). The summed E-state index contributed by atoms with van der Waals surface area (Å²) in [7, 11) is 0. The summed E-state index contributed by atoms with van der Waals surface area (Å²) in [5, 5.41) is 10.6. The summed E-state index contributed by atoms with van der Waals surface area (Å²) in [6, 6.07) is 7.98. The van der Waals surface area contributed by atoms with Gasteiger partial charge in [0.2, 0.25) is 0 Å². The lowest BCUT2D eigenvalue weighted by Gasteiger charge is -2.19. The van der Waals surface area contributed by atoms with Gasteiger partial charge >= 0.3 is 0 Å². The number of H-pyrrole nitrogens is 1. The molecule has 1 aromatic carbocycles. The molecule has 0 aliphatic heterocycles. The molecule has 0 radical (unpaired) electrons. The van der Waals surface area contributed by atoms with E-state index in [1.54, 1.807) is 0 Å². The summed E-state index contributed by atoms with van der Waals surface area (Å²) in [5.74, 6) is 0. The molecule has 1 heterocycles. The Bertz CT molecular complexity index is 704. The number of hydrogen-bond acceptors (Lipinski definition) is 3. The van der Waals surface area contributed by atoms with Crippen LogP contribution >= 0.6 is 0 Å². The van der Waals surface area contributed by atoms with Crippen molar-refractivity contribution in [3.05, 3.63) is 62.6 Å². The predicted molar refractivity (Wildman–Crippen MR) is 85.4 cm³/mol. The van der Waals surface area contributed by atoms with Crippen LogP contribution in [0.25, 0.3) is 0 Å². The fourth-order valence-corrected chi connectivity index (χ4v) is 2.80. The number of hydrogen-bond donors (Lipinski definition) is 3. The van der Waals surface area contributed by atoms with Crippen molar-refractivity contribution in [3.63, 3.8) is 0 Å². The van der Waals surface area contributed by atoms with Crippen LogP contribution in [0.3, 0.4) is 0 Å². The Balaban J connectivity index is 2.43. The number of aryl methyl sites for hydroxylation is 2. The molecule has 1 atom stereocenters. The molecule has 0 fully saturated rings. The van der Waals surface area contributed by atoms with E-state index in [9.17, 15) is 9.90 Å². The number of benzene rings is 1. The van der Waals surface area contributed by atoms with Crippen molar-refractivity contribution in [2.45, 2.75) is 39.7 Å². The molecule has 4 nitrogen and oxygen atoms in total. The van der Waals surface area contributed by atoms with Crippen molar-refractivity contribution >= 4 is 5.69 Å². The van der Waals surface area contributed by atoms with Crippen LogP contribution in [0.1, 0.15) is 41.0 Å². The van der Waals surface area contributed by atoms with Crippen molar-refractivity contribution in [1.82, 2.24) is 4.98 Å². The molecular formula is C17H22N2O2. The largest absolute Gasteiger partial charge is 0.394 e. The number of rotatable bonds is 4. The molecule has 2 aromatic rings. The lowest BCUT2D eigenvalue weighted by Crippen LogP contribution is -2.21. The van der Waals surface area contributed by atoms with Crippen LogP contribution in [0.5, 0.6) is 0 Å². The second-order valence-corrected chi connectivity index (χ2v) is 5.45. The Morgan fingerprint density at radius 2 is 2.05 bits per heavy atom. The summed E-state index contributed by atoms with van der Waals surface area (Å²) in [5.41, 5.74) is 10.1. The van der Waals surface area contributed by atoms with Gasteiger partial charge in [0.05, 0.1) is 6.10 Å². The number of aromatic amines is 1. The number of aliphatic hydroxyl groups excluding tert-OH is 1. The SMILES string of the molecule is CCc1c(C)[nH]c(=O)c(N)c1C(O)Cc1cccc(C)c1. The summed E-state index contributed by atoms with van der Waals surface area (Å²) in [6.07, 6.45) is 0.386. The first-order valence-electron chi connectivity index (χ1n) is 7.18. The Labute approximate surface area is 124 Å². The second kappa shape index (κ2) is 6.14. The van der Waals surface area contributed by atoms with Gasteiger partial charge in [-0.3, -0.25) is 4.79 Å². The topological polar surface area (TPSA) is 79.1 Å². The molecule has 0 aliphatic rings. The number of nitrogens with one attached hydrogen (secondary N) is 1. The van der Waals surface area contributed by atoms with Gasteiger partial charge in [0.1, 0.15) is 5.69 Å². The lowest BCUT2D eigenvalue weighted by molar-refractivity contribution is 0.178. The normalized spacial score (nSPS) is 12.4. The summed E-state index contributed by atoms with van der Waals surface area (Å²) in [6.45, 7) is 5.84. The van der Waals surface area contributed by atoms with Gasteiger partial charge in [-0.15, -0.1) is 0 Å². The predicted octanol–water partition coefficient (Wildman–Crippen LogP) is 2.41. The lowest BCUT2D eigenvalue weighted by atomic mass is 9.93. The highest BCUT2D eigenvalue weighted by Gasteiger charge is 2.20. The minimum absolute atomic E-state index is 0.123. The zero-order valence-electron chi connectivity index (χ0n) is 12.7. The third kappa shape index (κ3) is 3.16. The molecule has 0 amide bonds. The van der Waals surface area contributed by atoms with Crippen molar-refractivity contribution in [2.75, 3.05) is 5.73 Å². The number of nitrogen functional groups attached to an aromatic ring is 1. The van der Waals surface area contributed by atoms with E-state index >= 15 is 0 Å². The Morgan fingerprint density at radius 3 is 2.67 bits per heavy atom. The first-order valence-corrected chi connectivity index (χ1v) is 7.18. The highest BCUT2D eigenvalue weighted by Crippen LogP contribution is 2.27. The first kappa shape index (κ1) is 15.3. The van der Waals surface area contributed by atoms with E-state index in [-0.39, 0.29) is 11.2 Å². The maximum absolute atomic E-state index is 11.8. The molecule has 112 valence electrons. The van der Waals surface area contributed by atoms with Crippen LogP contribution in [0, 0.1) is 13.8 Å². The van der Waals surface area contributed by atoms with Gasteiger partial charge in [-0.1, -0.05) is 36.8 Å². The molecule has 0 bridgehead atoms. The van der Waals surface area contributed by atoms with Gasteiger partial charge in [0.15, 0.2) is 0 Å². The molecule has 4 N–H and O–H groups in total. The van der Waals surface area contributed by atoms with Gasteiger partial charge in [-0.25, -0.2) is 0 Å². The van der Waals surface area contributed by atoms with Crippen molar-refractivity contribution in [1.29, 1.82) is 0 Å². The highest BCUT2D eigenvalue weighted by atomic mass is 16.3. The van der Waals surface area contributed by atoms with Gasteiger partial charge in [0, 0.05) is 17.7 Å². The second-order valence-electron chi connectivity index (χ2n) is 5.45. The van der Waals surface area contributed by atoms with E-state index < -0.39 is 6.10 Å². The molecule has 2 rings (SSSR count). The van der Waals surface area contributed by atoms with Crippen LogP contribution in [0.2, 0.25) is 0 Å². The fraction of sp³-hybridized carbons (Fsp3) is 0.353. The van der Waals surface area contributed by atoms with E-state index in [0.717, 1.165) is 22.4 Å². The first-order chi connectivity index (χ1) is 9.93. The maximum atomic E-state index is 11.8. The van der Waals surface area contributed by atoms with E-state index in [1.165, 1.54) is 0 Å². The van der Waals surface area contributed by atoms with Crippen LogP contribution in [-0.2, 0) is 12.8 Å². The van der Waals surface area contributed by atoms with E-state index in [2.05, 4.69) is 4.98 Å². The molecule has 0 spiro atoms. The Morgan fingerprint density at radius 1 is 1.33 bits per heavy atom. The average molecular weight is 286 g/mol. The molecule has 1 unspecified atom stereocenters. The highest BCUT2D eigenvalue weighted by molar-refractivity contribution is 5.52. The Kier molecular flexibility index (Phi) is 4.48. The zero-order chi connectivity index (χ0) is 15.6. The number of aliphatic hydroxyl groups is 1. The zero-order valence-corrected chi connectivity index (χ0v) is 12.7. The van der Waals surface area contributed by atoms with E-state index in [0.29, 0.717) is 18.4 Å². The minimum atomic E-state index is -0.775. The van der Waals surface area contributed by atoms with Crippen LogP contribution < -0.4 is 11.3 Å². The van der Waals surface area contributed by atoms with Crippen LogP contribution in [0.4, 0.5) is 5.69 Å². The van der Waals surface area contributed by atoms with E-state index in [4.69, 9.17) is 5.73 Å². The van der Waals surface area contributed by atoms with Gasteiger partial charge in [0.25, 0.3) is 5.56 Å².